The van der Waals surface area contributed by atoms with Gasteiger partial charge in [0.2, 0.25) is 0 Å². The minimum atomic E-state index is -4.44. The van der Waals surface area contributed by atoms with Gasteiger partial charge in [-0.25, -0.2) is 0 Å². The molecule has 122 valence electrons. The van der Waals surface area contributed by atoms with Crippen LogP contribution in [0.5, 0.6) is 5.75 Å². The fraction of sp³-hybridized carbons (Fsp3) is 0.333. The summed E-state index contributed by atoms with van der Waals surface area (Å²) in [4.78, 5) is 0. The molecule has 0 saturated heterocycles. The summed E-state index contributed by atoms with van der Waals surface area (Å²) in [5.74, 6) is -0.145. The third kappa shape index (κ3) is 3.50. The lowest BCUT2D eigenvalue weighted by molar-refractivity contribution is -0.139. The first-order chi connectivity index (χ1) is 10.9. The molecule has 1 aliphatic rings. The third-order valence-electron chi connectivity index (χ3n) is 4.16. The van der Waals surface area contributed by atoms with Crippen LogP contribution in [-0.2, 0) is 12.6 Å². The predicted octanol–water partition coefficient (Wildman–Crippen LogP) is 4.49. The summed E-state index contributed by atoms with van der Waals surface area (Å²) in [6.07, 6.45) is -2.78. The Morgan fingerprint density at radius 1 is 1.00 bits per heavy atom. The normalized spacial score (nSPS) is 21.4. The molecule has 2 nitrogen and oxygen atoms in total. The number of halogens is 3. The second-order valence-corrected chi connectivity index (χ2v) is 5.83. The lowest BCUT2D eigenvalue weighted by atomic mass is 10.0. The SMILES string of the molecule is NC1CCc2ccccc2C(Oc2ccccc2C(F)(F)F)C1. The summed E-state index contributed by atoms with van der Waals surface area (Å²) in [7, 11) is 0. The summed E-state index contributed by atoms with van der Waals surface area (Å²) in [6, 6.07) is 12.9. The number of ether oxygens (including phenoxy) is 1. The zero-order chi connectivity index (χ0) is 16.4. The molecular weight excluding hydrogens is 303 g/mol. The van der Waals surface area contributed by atoms with Crippen molar-refractivity contribution >= 4 is 0 Å². The lowest BCUT2D eigenvalue weighted by Gasteiger charge is -2.23. The van der Waals surface area contributed by atoms with Crippen LogP contribution in [-0.4, -0.2) is 6.04 Å². The Bertz CT molecular complexity index is 684. The molecule has 0 saturated carbocycles. The first-order valence-electron chi connectivity index (χ1n) is 7.61. The minimum Gasteiger partial charge on any atom is -0.485 e. The van der Waals surface area contributed by atoms with Crippen molar-refractivity contribution in [3.8, 4) is 5.75 Å². The topological polar surface area (TPSA) is 35.2 Å². The highest BCUT2D eigenvalue weighted by atomic mass is 19.4. The number of alkyl halides is 3. The van der Waals surface area contributed by atoms with Crippen LogP contribution < -0.4 is 10.5 Å². The molecule has 0 aliphatic heterocycles. The summed E-state index contributed by atoms with van der Waals surface area (Å²) in [5.41, 5.74) is 7.35. The molecule has 2 atom stereocenters. The predicted molar refractivity (Wildman–Crippen MR) is 82.2 cm³/mol. The Morgan fingerprint density at radius 2 is 1.70 bits per heavy atom. The fourth-order valence-corrected chi connectivity index (χ4v) is 3.01. The number of benzene rings is 2. The number of aryl methyl sites for hydroxylation is 1. The molecule has 3 rings (SSSR count). The van der Waals surface area contributed by atoms with E-state index < -0.39 is 17.8 Å². The Balaban J connectivity index is 1.96. The zero-order valence-electron chi connectivity index (χ0n) is 12.5. The second-order valence-electron chi connectivity index (χ2n) is 5.83. The largest absolute Gasteiger partial charge is 0.485 e. The molecule has 0 radical (unpaired) electrons. The summed E-state index contributed by atoms with van der Waals surface area (Å²) in [5, 5.41) is 0. The number of rotatable bonds is 2. The van der Waals surface area contributed by atoms with Gasteiger partial charge in [-0.1, -0.05) is 36.4 Å². The molecule has 0 heterocycles. The van der Waals surface area contributed by atoms with Gasteiger partial charge in [0.1, 0.15) is 11.9 Å². The van der Waals surface area contributed by atoms with Gasteiger partial charge in [-0.15, -0.1) is 0 Å². The molecule has 2 aromatic carbocycles. The van der Waals surface area contributed by atoms with E-state index in [9.17, 15) is 13.2 Å². The minimum absolute atomic E-state index is 0.0922. The van der Waals surface area contributed by atoms with Crippen molar-refractivity contribution in [3.63, 3.8) is 0 Å². The molecule has 23 heavy (non-hydrogen) atoms. The van der Waals surface area contributed by atoms with Gasteiger partial charge in [-0.2, -0.15) is 13.2 Å². The van der Waals surface area contributed by atoms with Gasteiger partial charge < -0.3 is 10.5 Å². The summed E-state index contributed by atoms with van der Waals surface area (Å²) < 4.78 is 45.2. The number of hydrogen-bond acceptors (Lipinski definition) is 2. The highest BCUT2D eigenvalue weighted by Crippen LogP contribution is 2.39. The van der Waals surface area contributed by atoms with Crippen molar-refractivity contribution in [2.24, 2.45) is 5.73 Å². The second kappa shape index (κ2) is 6.24. The molecule has 0 fully saturated rings. The van der Waals surface area contributed by atoms with Crippen LogP contribution in [0.1, 0.15) is 35.6 Å². The van der Waals surface area contributed by atoms with Crippen LogP contribution in [0.15, 0.2) is 48.5 Å². The van der Waals surface area contributed by atoms with E-state index in [1.807, 2.05) is 24.3 Å². The molecule has 2 aromatic rings. The van der Waals surface area contributed by atoms with Crippen LogP contribution >= 0.6 is 0 Å². The van der Waals surface area contributed by atoms with Crippen LogP contribution in [0.3, 0.4) is 0 Å². The molecule has 5 heteroatoms. The Hall–Kier alpha value is -2.01. The van der Waals surface area contributed by atoms with Gasteiger partial charge in [0.25, 0.3) is 0 Å². The fourth-order valence-electron chi connectivity index (χ4n) is 3.01. The van der Waals surface area contributed by atoms with Gasteiger partial charge in [0.15, 0.2) is 0 Å². The molecule has 0 aromatic heterocycles. The van der Waals surface area contributed by atoms with Crippen molar-refractivity contribution in [3.05, 3.63) is 65.2 Å². The van der Waals surface area contributed by atoms with E-state index in [0.29, 0.717) is 6.42 Å². The van der Waals surface area contributed by atoms with Gasteiger partial charge >= 0.3 is 6.18 Å². The van der Waals surface area contributed by atoms with Gasteiger partial charge in [0.05, 0.1) is 5.56 Å². The van der Waals surface area contributed by atoms with Crippen molar-refractivity contribution in [1.29, 1.82) is 0 Å². The Kier molecular flexibility index (Phi) is 4.31. The van der Waals surface area contributed by atoms with E-state index in [-0.39, 0.29) is 11.8 Å². The number of hydrogen-bond donors (Lipinski definition) is 1. The zero-order valence-corrected chi connectivity index (χ0v) is 12.5. The molecule has 0 bridgehead atoms. The maximum atomic E-state index is 13.2. The molecule has 2 N–H and O–H groups in total. The van der Waals surface area contributed by atoms with Crippen LogP contribution in [0.2, 0.25) is 0 Å². The molecular formula is C18H18F3NO. The van der Waals surface area contributed by atoms with Gasteiger partial charge in [-0.05, 0) is 36.1 Å². The number of nitrogens with two attached hydrogens (primary N) is 1. The number of fused-ring (bicyclic) bond motifs is 1. The Labute approximate surface area is 133 Å². The van der Waals surface area contributed by atoms with E-state index in [0.717, 1.165) is 30.0 Å². The first kappa shape index (κ1) is 15.9. The van der Waals surface area contributed by atoms with E-state index in [1.54, 1.807) is 6.07 Å². The molecule has 0 amide bonds. The average molecular weight is 321 g/mol. The monoisotopic (exact) mass is 321 g/mol. The van der Waals surface area contributed by atoms with E-state index in [1.165, 1.54) is 12.1 Å². The van der Waals surface area contributed by atoms with Crippen molar-refractivity contribution in [1.82, 2.24) is 0 Å². The molecule has 0 spiro atoms. The average Bonchev–Trinajstić information content (AvgIpc) is 2.67. The van der Waals surface area contributed by atoms with Crippen LogP contribution in [0.4, 0.5) is 13.2 Å². The van der Waals surface area contributed by atoms with Crippen LogP contribution in [0, 0.1) is 0 Å². The van der Waals surface area contributed by atoms with Gasteiger partial charge in [0, 0.05) is 12.5 Å². The maximum absolute atomic E-state index is 13.2. The van der Waals surface area contributed by atoms with E-state index in [2.05, 4.69) is 0 Å². The first-order valence-corrected chi connectivity index (χ1v) is 7.61. The quantitative estimate of drug-likeness (QED) is 0.827. The molecule has 1 aliphatic carbocycles. The number of para-hydroxylation sites is 1. The highest BCUT2D eigenvalue weighted by molar-refractivity contribution is 5.38. The summed E-state index contributed by atoms with van der Waals surface area (Å²) >= 11 is 0. The maximum Gasteiger partial charge on any atom is 0.419 e. The molecule has 2 unspecified atom stereocenters. The van der Waals surface area contributed by atoms with Crippen molar-refractivity contribution in [2.75, 3.05) is 0 Å². The third-order valence-corrected chi connectivity index (χ3v) is 4.16. The standard InChI is InChI=1S/C18H18F3NO/c19-18(20,21)15-7-3-4-8-16(15)23-17-11-13(22)10-9-12-5-1-2-6-14(12)17/h1-8,13,17H,9-11,22H2. The van der Waals surface area contributed by atoms with E-state index >= 15 is 0 Å². The van der Waals surface area contributed by atoms with Crippen molar-refractivity contribution in [2.45, 2.75) is 37.6 Å². The van der Waals surface area contributed by atoms with E-state index in [4.69, 9.17) is 10.5 Å². The van der Waals surface area contributed by atoms with Crippen molar-refractivity contribution < 1.29 is 17.9 Å². The Morgan fingerprint density at radius 3 is 2.48 bits per heavy atom. The lowest BCUT2D eigenvalue weighted by Crippen LogP contribution is -2.24. The van der Waals surface area contributed by atoms with Gasteiger partial charge in [-0.3, -0.25) is 0 Å². The smallest absolute Gasteiger partial charge is 0.419 e. The highest BCUT2D eigenvalue weighted by Gasteiger charge is 2.35. The summed E-state index contributed by atoms with van der Waals surface area (Å²) in [6.45, 7) is 0. The van der Waals surface area contributed by atoms with Crippen LogP contribution in [0.25, 0.3) is 0 Å².